The average Bonchev–Trinajstić information content (AvgIpc) is 2.55. The van der Waals surface area contributed by atoms with Crippen LogP contribution in [0.25, 0.3) is 0 Å². The Bertz CT molecular complexity index is 684. The molecular weight excluding hydrogens is 346 g/mol. The molecule has 0 aromatic heterocycles. The molecule has 0 heterocycles. The van der Waals surface area contributed by atoms with Crippen molar-refractivity contribution in [3.05, 3.63) is 24.3 Å². The lowest BCUT2D eigenvalue weighted by Gasteiger charge is -2.27. The fraction of sp³-hybridized carbons (Fsp3) is 0.529. The van der Waals surface area contributed by atoms with Crippen molar-refractivity contribution >= 4 is 21.7 Å². The molecule has 8 heteroatoms. The number of aliphatic carboxylic acids is 1. The minimum Gasteiger partial charge on any atom is -0.494 e. The number of carbonyl (C=O) groups excluding carboxylic acids is 1. The molecule has 1 N–H and O–H groups in total. The van der Waals surface area contributed by atoms with Crippen molar-refractivity contribution in [2.75, 3.05) is 19.4 Å². The van der Waals surface area contributed by atoms with E-state index >= 15 is 0 Å². The molecule has 0 saturated heterocycles. The standard InChI is InChI=1S/C17H25NO6S/c1-4-13(2)18(12-17(20)21)16(19)6-5-11-24-14-7-9-15(10-8-14)25(3,22)23/h7-10,13H,4-6,11-12H2,1-3H3,(H,20,21). The van der Waals surface area contributed by atoms with E-state index in [9.17, 15) is 18.0 Å². The third-order valence-electron chi connectivity index (χ3n) is 3.80. The Morgan fingerprint density at radius 3 is 2.32 bits per heavy atom. The number of benzene rings is 1. The molecule has 1 aromatic rings. The van der Waals surface area contributed by atoms with Crippen molar-refractivity contribution in [1.82, 2.24) is 4.90 Å². The highest BCUT2D eigenvalue weighted by Crippen LogP contribution is 2.16. The van der Waals surface area contributed by atoms with Gasteiger partial charge in [0.05, 0.1) is 11.5 Å². The van der Waals surface area contributed by atoms with Crippen LogP contribution in [-0.2, 0) is 19.4 Å². The molecule has 0 radical (unpaired) electrons. The molecular formula is C17H25NO6S. The second kappa shape index (κ2) is 9.41. The highest BCUT2D eigenvalue weighted by atomic mass is 32.2. The molecule has 1 aromatic carbocycles. The second-order valence-corrected chi connectivity index (χ2v) is 7.88. The summed E-state index contributed by atoms with van der Waals surface area (Å²) in [6, 6.07) is 5.93. The van der Waals surface area contributed by atoms with Gasteiger partial charge in [0.25, 0.3) is 0 Å². The summed E-state index contributed by atoms with van der Waals surface area (Å²) in [5.41, 5.74) is 0. The summed E-state index contributed by atoms with van der Waals surface area (Å²) in [5.74, 6) is -0.729. The largest absolute Gasteiger partial charge is 0.494 e. The van der Waals surface area contributed by atoms with Crippen LogP contribution in [0, 0.1) is 0 Å². The fourth-order valence-electron chi connectivity index (χ4n) is 2.20. The van der Waals surface area contributed by atoms with Gasteiger partial charge < -0.3 is 14.7 Å². The van der Waals surface area contributed by atoms with E-state index in [2.05, 4.69) is 0 Å². The number of carbonyl (C=O) groups is 2. The third-order valence-corrected chi connectivity index (χ3v) is 4.93. The first-order valence-electron chi connectivity index (χ1n) is 8.09. The zero-order valence-electron chi connectivity index (χ0n) is 14.8. The maximum atomic E-state index is 12.2. The van der Waals surface area contributed by atoms with Gasteiger partial charge in [-0.05, 0) is 44.0 Å². The molecule has 140 valence electrons. The van der Waals surface area contributed by atoms with E-state index in [1.165, 1.54) is 17.0 Å². The average molecular weight is 371 g/mol. The minimum atomic E-state index is -3.24. The van der Waals surface area contributed by atoms with E-state index in [0.717, 1.165) is 6.26 Å². The van der Waals surface area contributed by atoms with Crippen LogP contribution in [0.4, 0.5) is 0 Å². The molecule has 25 heavy (non-hydrogen) atoms. The molecule has 0 saturated carbocycles. The van der Waals surface area contributed by atoms with Gasteiger partial charge in [0.1, 0.15) is 12.3 Å². The molecule has 0 fully saturated rings. The lowest BCUT2D eigenvalue weighted by Crippen LogP contribution is -2.41. The topological polar surface area (TPSA) is 101 Å². The van der Waals surface area contributed by atoms with Crippen molar-refractivity contribution in [1.29, 1.82) is 0 Å². The Kier molecular flexibility index (Phi) is 7.89. The quantitative estimate of drug-likeness (QED) is 0.631. The van der Waals surface area contributed by atoms with Gasteiger partial charge in [0, 0.05) is 18.7 Å². The van der Waals surface area contributed by atoms with Crippen LogP contribution in [0.1, 0.15) is 33.1 Å². The summed E-state index contributed by atoms with van der Waals surface area (Å²) in [6.45, 7) is 3.70. The molecule has 7 nitrogen and oxygen atoms in total. The van der Waals surface area contributed by atoms with Gasteiger partial charge in [-0.15, -0.1) is 0 Å². The Morgan fingerprint density at radius 1 is 1.24 bits per heavy atom. The van der Waals surface area contributed by atoms with Crippen molar-refractivity contribution in [3.8, 4) is 5.75 Å². The van der Waals surface area contributed by atoms with Gasteiger partial charge >= 0.3 is 5.97 Å². The van der Waals surface area contributed by atoms with E-state index in [0.29, 0.717) is 18.6 Å². The van der Waals surface area contributed by atoms with E-state index in [4.69, 9.17) is 9.84 Å². The first-order chi connectivity index (χ1) is 11.6. The van der Waals surface area contributed by atoms with Crippen molar-refractivity contribution in [3.63, 3.8) is 0 Å². The molecule has 1 atom stereocenters. The maximum absolute atomic E-state index is 12.2. The molecule has 0 spiro atoms. The smallest absolute Gasteiger partial charge is 0.323 e. The fourth-order valence-corrected chi connectivity index (χ4v) is 2.83. The highest BCUT2D eigenvalue weighted by Gasteiger charge is 2.21. The zero-order chi connectivity index (χ0) is 19.0. The lowest BCUT2D eigenvalue weighted by molar-refractivity contribution is -0.146. The summed E-state index contributed by atoms with van der Waals surface area (Å²) in [4.78, 5) is 24.7. The van der Waals surface area contributed by atoms with Crippen LogP contribution in [0.3, 0.4) is 0 Å². The van der Waals surface area contributed by atoms with Gasteiger partial charge in [-0.1, -0.05) is 6.92 Å². The molecule has 0 aliphatic rings. The summed E-state index contributed by atoms with van der Waals surface area (Å²) in [5, 5.41) is 8.92. The highest BCUT2D eigenvalue weighted by molar-refractivity contribution is 7.90. The number of rotatable bonds is 10. The predicted molar refractivity (Wildman–Crippen MR) is 93.4 cm³/mol. The number of ether oxygens (including phenoxy) is 1. The van der Waals surface area contributed by atoms with Crippen LogP contribution in [0.15, 0.2) is 29.2 Å². The van der Waals surface area contributed by atoms with Gasteiger partial charge in [-0.25, -0.2) is 8.42 Å². The molecule has 1 amide bonds. The molecule has 0 aliphatic heterocycles. The molecule has 1 rings (SSSR count). The van der Waals surface area contributed by atoms with Crippen molar-refractivity contribution < 1.29 is 27.9 Å². The Hall–Kier alpha value is -2.09. The number of carboxylic acid groups (broad SMARTS) is 1. The summed E-state index contributed by atoms with van der Waals surface area (Å²) in [7, 11) is -3.24. The van der Waals surface area contributed by atoms with Crippen LogP contribution >= 0.6 is 0 Å². The van der Waals surface area contributed by atoms with Gasteiger partial charge in [-0.2, -0.15) is 0 Å². The second-order valence-electron chi connectivity index (χ2n) is 5.87. The number of carboxylic acids is 1. The number of hydrogen-bond donors (Lipinski definition) is 1. The monoisotopic (exact) mass is 371 g/mol. The zero-order valence-corrected chi connectivity index (χ0v) is 15.6. The van der Waals surface area contributed by atoms with Crippen LogP contribution < -0.4 is 4.74 Å². The van der Waals surface area contributed by atoms with E-state index in [-0.39, 0.29) is 36.4 Å². The van der Waals surface area contributed by atoms with Crippen molar-refractivity contribution in [2.45, 2.75) is 44.0 Å². The van der Waals surface area contributed by atoms with Crippen LogP contribution in [0.5, 0.6) is 5.75 Å². The van der Waals surface area contributed by atoms with Crippen molar-refractivity contribution in [2.24, 2.45) is 0 Å². The Balaban J connectivity index is 2.48. The normalized spacial score (nSPS) is 12.4. The maximum Gasteiger partial charge on any atom is 0.323 e. The molecule has 1 unspecified atom stereocenters. The summed E-state index contributed by atoms with van der Waals surface area (Å²) >= 11 is 0. The van der Waals surface area contributed by atoms with E-state index in [1.807, 2.05) is 13.8 Å². The number of nitrogens with zero attached hydrogens (tertiary/aromatic N) is 1. The summed E-state index contributed by atoms with van der Waals surface area (Å²) in [6.07, 6.45) is 2.45. The van der Waals surface area contributed by atoms with Crippen LogP contribution in [-0.4, -0.2) is 55.7 Å². The number of amides is 1. The predicted octanol–water partition coefficient (Wildman–Crippen LogP) is 1.96. The summed E-state index contributed by atoms with van der Waals surface area (Å²) < 4.78 is 28.2. The SMILES string of the molecule is CCC(C)N(CC(=O)O)C(=O)CCCOc1ccc(S(C)(=O)=O)cc1. The first kappa shape index (κ1) is 21.0. The minimum absolute atomic E-state index is 0.131. The van der Waals surface area contributed by atoms with Gasteiger partial charge in [-0.3, -0.25) is 9.59 Å². The van der Waals surface area contributed by atoms with Crippen LogP contribution in [0.2, 0.25) is 0 Å². The first-order valence-corrected chi connectivity index (χ1v) is 9.98. The van der Waals surface area contributed by atoms with E-state index in [1.54, 1.807) is 12.1 Å². The molecule has 0 bridgehead atoms. The number of sulfone groups is 1. The van der Waals surface area contributed by atoms with Gasteiger partial charge in [0.2, 0.25) is 5.91 Å². The third kappa shape index (κ3) is 7.13. The number of hydrogen-bond acceptors (Lipinski definition) is 5. The lowest BCUT2D eigenvalue weighted by atomic mass is 10.2. The Morgan fingerprint density at radius 2 is 1.84 bits per heavy atom. The Labute approximate surface area is 148 Å². The van der Waals surface area contributed by atoms with Gasteiger partial charge in [0.15, 0.2) is 9.84 Å². The van der Waals surface area contributed by atoms with E-state index < -0.39 is 15.8 Å². The molecule has 0 aliphatic carbocycles.